The van der Waals surface area contributed by atoms with Gasteiger partial charge in [0.25, 0.3) is 11.5 Å². The van der Waals surface area contributed by atoms with Crippen LogP contribution in [0.4, 0.5) is 0 Å². The number of halogens is 1. The van der Waals surface area contributed by atoms with Gasteiger partial charge in [0.05, 0.1) is 12.0 Å². The normalized spacial score (nSPS) is 17.0. The Labute approximate surface area is 189 Å². The van der Waals surface area contributed by atoms with Crippen LogP contribution in [0.1, 0.15) is 40.0 Å². The molecule has 0 atom stereocenters. The first-order valence-corrected chi connectivity index (χ1v) is 10.8. The Kier molecular flexibility index (Phi) is 5.06. The molecule has 0 saturated carbocycles. The van der Waals surface area contributed by atoms with Crippen molar-refractivity contribution >= 4 is 23.3 Å². The number of carbonyl (C=O) groups is 2. The number of fused-ring (bicyclic) bond motifs is 1. The molecule has 1 amide bonds. The Morgan fingerprint density at radius 2 is 1.78 bits per heavy atom. The van der Waals surface area contributed by atoms with Crippen molar-refractivity contribution in [2.45, 2.75) is 24.9 Å². The first-order valence-electron chi connectivity index (χ1n) is 10.4. The molecule has 2 aliphatic heterocycles. The van der Waals surface area contributed by atoms with E-state index in [0.29, 0.717) is 60.1 Å². The van der Waals surface area contributed by atoms with E-state index in [2.05, 4.69) is 9.97 Å². The number of ether oxygens (including phenoxy) is 1. The van der Waals surface area contributed by atoms with Crippen LogP contribution in [-0.4, -0.2) is 45.2 Å². The fourth-order valence-corrected chi connectivity index (χ4v) is 4.44. The average Bonchev–Trinajstić information content (AvgIpc) is 2.79. The van der Waals surface area contributed by atoms with E-state index in [9.17, 15) is 14.4 Å². The maximum atomic E-state index is 13.0. The van der Waals surface area contributed by atoms with Gasteiger partial charge in [-0.25, -0.2) is 4.98 Å². The van der Waals surface area contributed by atoms with Gasteiger partial charge in [0.1, 0.15) is 22.7 Å². The van der Waals surface area contributed by atoms with Crippen molar-refractivity contribution in [3.63, 3.8) is 0 Å². The van der Waals surface area contributed by atoms with Crippen LogP contribution in [0, 0.1) is 0 Å². The molecule has 2 aliphatic rings. The molecule has 8 heteroatoms. The van der Waals surface area contributed by atoms with Gasteiger partial charge in [0.2, 0.25) is 0 Å². The maximum absolute atomic E-state index is 13.0. The van der Waals surface area contributed by atoms with Crippen molar-refractivity contribution in [2.75, 3.05) is 13.1 Å². The minimum absolute atomic E-state index is 0.00959. The number of likely N-dealkylation sites (tertiary alicyclic amines) is 1. The van der Waals surface area contributed by atoms with Crippen molar-refractivity contribution in [2.24, 2.45) is 0 Å². The number of nitrogens with zero attached hydrogens (tertiary/aromatic N) is 2. The summed E-state index contributed by atoms with van der Waals surface area (Å²) in [5.41, 5.74) is 0.198. The molecule has 1 fully saturated rings. The molecule has 3 heterocycles. The molecule has 2 aromatic carbocycles. The van der Waals surface area contributed by atoms with Gasteiger partial charge in [0.15, 0.2) is 5.78 Å². The molecule has 1 aromatic heterocycles. The average molecular weight is 450 g/mol. The number of hydrogen-bond donors (Lipinski definition) is 1. The summed E-state index contributed by atoms with van der Waals surface area (Å²) in [5, 5.41) is 0.581. The summed E-state index contributed by atoms with van der Waals surface area (Å²) in [7, 11) is 0. The first kappa shape index (κ1) is 20.5. The number of nitrogens with one attached hydrogen (secondary N) is 1. The predicted molar refractivity (Wildman–Crippen MR) is 119 cm³/mol. The molecule has 7 nitrogen and oxygen atoms in total. The summed E-state index contributed by atoms with van der Waals surface area (Å²) in [4.78, 5) is 46.7. The quantitative estimate of drug-likeness (QED) is 0.643. The van der Waals surface area contributed by atoms with E-state index in [4.69, 9.17) is 16.3 Å². The molecule has 0 radical (unpaired) electrons. The van der Waals surface area contributed by atoms with E-state index in [1.165, 1.54) is 6.20 Å². The van der Waals surface area contributed by atoms with Crippen molar-refractivity contribution in [3.05, 3.63) is 81.2 Å². The highest BCUT2D eigenvalue weighted by Gasteiger charge is 2.43. The summed E-state index contributed by atoms with van der Waals surface area (Å²) in [5.74, 6) is 0.652. The number of rotatable bonds is 2. The number of amides is 1. The number of ketones is 1. The summed E-state index contributed by atoms with van der Waals surface area (Å²) in [6.07, 6.45) is 2.65. The molecule has 1 N–H and O–H groups in total. The van der Waals surface area contributed by atoms with Gasteiger partial charge in [-0.3, -0.25) is 14.4 Å². The Bertz CT molecular complexity index is 1260. The number of benzene rings is 2. The zero-order chi connectivity index (χ0) is 22.3. The zero-order valence-corrected chi connectivity index (χ0v) is 17.9. The Hall–Kier alpha value is -3.45. The zero-order valence-electron chi connectivity index (χ0n) is 17.1. The van der Waals surface area contributed by atoms with Crippen LogP contribution in [-0.2, 0) is 0 Å². The SMILES string of the molecule is O=C1CC2(CCN(C(=O)c3cnc(-c4ccc(Cl)cc4)[nH]c3=O)CC2)Oc2ccccc21. The third-order valence-electron chi connectivity index (χ3n) is 6.11. The van der Waals surface area contributed by atoms with Gasteiger partial charge < -0.3 is 14.6 Å². The van der Waals surface area contributed by atoms with Crippen molar-refractivity contribution < 1.29 is 14.3 Å². The topological polar surface area (TPSA) is 92.4 Å². The molecule has 1 spiro atoms. The highest BCUT2D eigenvalue weighted by atomic mass is 35.5. The van der Waals surface area contributed by atoms with E-state index < -0.39 is 11.2 Å². The van der Waals surface area contributed by atoms with Crippen LogP contribution in [0.3, 0.4) is 0 Å². The highest BCUT2D eigenvalue weighted by Crippen LogP contribution is 2.39. The summed E-state index contributed by atoms with van der Waals surface area (Å²) < 4.78 is 6.21. The molecule has 32 heavy (non-hydrogen) atoms. The van der Waals surface area contributed by atoms with Gasteiger partial charge >= 0.3 is 0 Å². The minimum Gasteiger partial charge on any atom is -0.486 e. The van der Waals surface area contributed by atoms with Crippen molar-refractivity contribution in [1.82, 2.24) is 14.9 Å². The van der Waals surface area contributed by atoms with Crippen LogP contribution in [0.25, 0.3) is 11.4 Å². The van der Waals surface area contributed by atoms with Gasteiger partial charge in [-0.2, -0.15) is 0 Å². The molecule has 0 aliphatic carbocycles. The second-order valence-corrected chi connectivity index (χ2v) is 8.59. The number of piperidine rings is 1. The number of aromatic nitrogens is 2. The molecule has 162 valence electrons. The van der Waals surface area contributed by atoms with Crippen LogP contribution in [0.15, 0.2) is 59.5 Å². The number of hydrogen-bond acceptors (Lipinski definition) is 5. The van der Waals surface area contributed by atoms with E-state index in [-0.39, 0.29) is 17.3 Å². The number of para-hydroxylation sites is 1. The van der Waals surface area contributed by atoms with Crippen LogP contribution < -0.4 is 10.3 Å². The molecule has 0 bridgehead atoms. The van der Waals surface area contributed by atoms with Gasteiger partial charge in [-0.05, 0) is 36.4 Å². The Morgan fingerprint density at radius 3 is 2.50 bits per heavy atom. The van der Waals surface area contributed by atoms with E-state index in [1.807, 2.05) is 12.1 Å². The first-order chi connectivity index (χ1) is 15.4. The highest BCUT2D eigenvalue weighted by molar-refractivity contribution is 6.30. The summed E-state index contributed by atoms with van der Waals surface area (Å²) in [6.45, 7) is 0.791. The largest absolute Gasteiger partial charge is 0.486 e. The van der Waals surface area contributed by atoms with Crippen molar-refractivity contribution in [1.29, 1.82) is 0 Å². The lowest BCUT2D eigenvalue weighted by atomic mass is 9.82. The van der Waals surface area contributed by atoms with E-state index in [1.54, 1.807) is 41.3 Å². The third kappa shape index (κ3) is 3.69. The third-order valence-corrected chi connectivity index (χ3v) is 6.36. The number of H-pyrrole nitrogens is 1. The van der Waals surface area contributed by atoms with E-state index in [0.717, 1.165) is 0 Å². The van der Waals surface area contributed by atoms with E-state index >= 15 is 0 Å². The van der Waals surface area contributed by atoms with Gasteiger partial charge in [-0.1, -0.05) is 23.7 Å². The number of carbonyl (C=O) groups excluding carboxylic acids is 2. The van der Waals surface area contributed by atoms with Crippen LogP contribution in [0.5, 0.6) is 5.75 Å². The molecule has 5 rings (SSSR count). The second kappa shape index (κ2) is 7.91. The van der Waals surface area contributed by atoms with Gasteiger partial charge in [0, 0.05) is 42.7 Å². The van der Waals surface area contributed by atoms with Crippen LogP contribution >= 0.6 is 11.6 Å². The molecular formula is C24H20ClN3O4. The molecule has 0 unspecified atom stereocenters. The molecular weight excluding hydrogens is 430 g/mol. The summed E-state index contributed by atoms with van der Waals surface area (Å²) in [6, 6.07) is 14.1. The Morgan fingerprint density at radius 1 is 1.06 bits per heavy atom. The minimum atomic E-state index is -0.606. The fraction of sp³-hybridized carbons (Fsp3) is 0.250. The maximum Gasteiger partial charge on any atom is 0.264 e. The number of aromatic amines is 1. The summed E-state index contributed by atoms with van der Waals surface area (Å²) >= 11 is 5.90. The van der Waals surface area contributed by atoms with Crippen molar-refractivity contribution in [3.8, 4) is 17.1 Å². The lowest BCUT2D eigenvalue weighted by molar-refractivity contribution is -0.00575. The Balaban J connectivity index is 1.30. The smallest absolute Gasteiger partial charge is 0.264 e. The molecule has 1 saturated heterocycles. The predicted octanol–water partition coefficient (Wildman–Crippen LogP) is 3.73. The monoisotopic (exact) mass is 449 g/mol. The van der Waals surface area contributed by atoms with Gasteiger partial charge in [-0.15, -0.1) is 0 Å². The fourth-order valence-electron chi connectivity index (χ4n) is 4.31. The lowest BCUT2D eigenvalue weighted by Crippen LogP contribution is -2.52. The van der Waals surface area contributed by atoms with Crippen LogP contribution in [0.2, 0.25) is 5.02 Å². The lowest BCUT2D eigenvalue weighted by Gasteiger charge is -2.43. The molecule has 3 aromatic rings. The number of Topliss-reactive ketones (excluding diaryl/α,β-unsaturated/α-hetero) is 1. The second-order valence-electron chi connectivity index (χ2n) is 8.15. The standard InChI is InChI=1S/C24H20ClN3O4/c25-16-7-5-15(6-8-16)21-26-14-18(22(30)27-21)23(31)28-11-9-24(10-12-28)13-19(29)17-3-1-2-4-20(17)32-24/h1-8,14H,9-13H2,(H,26,27,30).